The summed E-state index contributed by atoms with van der Waals surface area (Å²) in [5, 5.41) is 11.4. The summed E-state index contributed by atoms with van der Waals surface area (Å²) in [5.74, 6) is -0.820. The van der Waals surface area contributed by atoms with Gasteiger partial charge in [-0.2, -0.15) is 0 Å². The zero-order valence-corrected chi connectivity index (χ0v) is 11.2. The highest BCUT2D eigenvalue weighted by atomic mass is 16.4. The number of carbonyl (C=O) groups is 1. The van der Waals surface area contributed by atoms with Crippen LogP contribution in [0.1, 0.15) is 78.6 Å². The minimum atomic E-state index is -0.820. The van der Waals surface area contributed by atoms with E-state index in [1.807, 2.05) is 0 Å². The Kier molecular flexibility index (Phi) is 8.32. The molecular formula is C14H27O2. The van der Waals surface area contributed by atoms with Gasteiger partial charge in [0.25, 0.3) is 0 Å². The molecular weight excluding hydrogens is 200 g/mol. The molecule has 0 aromatic heterocycles. The van der Waals surface area contributed by atoms with Crippen LogP contribution in [0.15, 0.2) is 0 Å². The van der Waals surface area contributed by atoms with E-state index < -0.39 is 11.4 Å². The maximum absolute atomic E-state index is 11.4. The van der Waals surface area contributed by atoms with Gasteiger partial charge in [-0.1, -0.05) is 59.3 Å². The van der Waals surface area contributed by atoms with Crippen LogP contribution in [-0.4, -0.2) is 5.97 Å². The molecule has 0 aromatic rings. The van der Waals surface area contributed by atoms with Gasteiger partial charge in [-0.15, -0.1) is 0 Å². The van der Waals surface area contributed by atoms with E-state index in [0.29, 0.717) is 0 Å². The van der Waals surface area contributed by atoms with Gasteiger partial charge in [-0.05, 0) is 19.3 Å². The van der Waals surface area contributed by atoms with E-state index in [1.54, 1.807) is 0 Å². The van der Waals surface area contributed by atoms with Gasteiger partial charge in [-0.25, -0.2) is 9.90 Å². The highest BCUT2D eigenvalue weighted by molar-refractivity contribution is 5.74. The predicted molar refractivity (Wildman–Crippen MR) is 66.7 cm³/mol. The molecule has 1 unspecified atom stereocenters. The van der Waals surface area contributed by atoms with Gasteiger partial charge in [-0.3, -0.25) is 0 Å². The lowest BCUT2D eigenvalue weighted by Gasteiger charge is -2.28. The fourth-order valence-electron chi connectivity index (χ4n) is 2.39. The fourth-order valence-corrected chi connectivity index (χ4v) is 2.39. The zero-order valence-electron chi connectivity index (χ0n) is 11.2. The summed E-state index contributed by atoms with van der Waals surface area (Å²) < 4.78 is 0. The van der Waals surface area contributed by atoms with Crippen molar-refractivity contribution in [2.45, 2.75) is 78.6 Å². The monoisotopic (exact) mass is 227 g/mol. The first-order chi connectivity index (χ1) is 7.63. The lowest BCUT2D eigenvalue weighted by molar-refractivity contribution is -0.157. The Bertz CT molecular complexity index is 189. The van der Waals surface area contributed by atoms with Crippen LogP contribution in [0.5, 0.6) is 0 Å². The number of rotatable bonds is 10. The van der Waals surface area contributed by atoms with Crippen LogP contribution in [0.4, 0.5) is 0 Å². The number of hydrogen-bond acceptors (Lipinski definition) is 1. The van der Waals surface area contributed by atoms with E-state index in [1.165, 1.54) is 0 Å². The number of unbranched alkanes of at least 4 members (excludes halogenated alkanes) is 3. The van der Waals surface area contributed by atoms with Crippen LogP contribution in [-0.2, 0) is 9.90 Å². The predicted octanol–water partition coefficient (Wildman–Crippen LogP) is 4.50. The molecule has 1 atom stereocenters. The highest BCUT2D eigenvalue weighted by Gasteiger charge is 2.37. The number of carbonyl (C=O) groups excluding carboxylic acids is 1. The average Bonchev–Trinajstić information content (AvgIpc) is 2.26. The van der Waals surface area contributed by atoms with Crippen LogP contribution in [0.2, 0.25) is 0 Å². The van der Waals surface area contributed by atoms with E-state index in [4.69, 9.17) is 0 Å². The second-order valence-electron chi connectivity index (χ2n) is 4.88. The van der Waals surface area contributed by atoms with Crippen molar-refractivity contribution in [3.05, 3.63) is 0 Å². The Morgan fingerprint density at radius 2 is 1.38 bits per heavy atom. The second-order valence-corrected chi connectivity index (χ2v) is 4.88. The normalized spacial score (nSPS) is 14.7. The first-order valence-electron chi connectivity index (χ1n) is 6.84. The van der Waals surface area contributed by atoms with E-state index in [-0.39, 0.29) is 0 Å². The maximum Gasteiger partial charge on any atom is 0.361 e. The third-order valence-electron chi connectivity index (χ3n) is 3.43. The van der Waals surface area contributed by atoms with Crippen LogP contribution < -0.4 is 0 Å². The Morgan fingerprint density at radius 3 is 1.81 bits per heavy atom. The second kappa shape index (κ2) is 8.60. The topological polar surface area (TPSA) is 37.0 Å². The molecule has 0 aliphatic rings. The van der Waals surface area contributed by atoms with E-state index in [9.17, 15) is 9.90 Å². The molecule has 0 spiro atoms. The Hall–Kier alpha value is -0.530. The summed E-state index contributed by atoms with van der Waals surface area (Å²) in [4.78, 5) is 11.4. The molecule has 0 fully saturated rings. The standard InChI is InChI=1S/C14H27O2/c1-4-7-9-12-14(10-6-3,13(15)16)11-8-5-2/h4-12H2,1-3H3. The van der Waals surface area contributed by atoms with Gasteiger partial charge in [0.05, 0.1) is 5.41 Å². The molecule has 0 amide bonds. The maximum atomic E-state index is 11.4. The zero-order chi connectivity index (χ0) is 12.4. The minimum absolute atomic E-state index is 0.542. The van der Waals surface area contributed by atoms with E-state index >= 15 is 0 Å². The van der Waals surface area contributed by atoms with Gasteiger partial charge in [0.15, 0.2) is 0 Å². The molecule has 16 heavy (non-hydrogen) atoms. The third kappa shape index (κ3) is 5.00. The summed E-state index contributed by atoms with van der Waals surface area (Å²) in [5.41, 5.74) is -0.542. The molecule has 0 bridgehead atoms. The average molecular weight is 227 g/mol. The molecule has 95 valence electrons. The van der Waals surface area contributed by atoms with Gasteiger partial charge < -0.3 is 0 Å². The minimum Gasteiger partial charge on any atom is -0.247 e. The van der Waals surface area contributed by atoms with Crippen molar-refractivity contribution in [1.82, 2.24) is 0 Å². The fraction of sp³-hybridized carbons (Fsp3) is 0.929. The third-order valence-corrected chi connectivity index (χ3v) is 3.43. The molecule has 0 aromatic carbocycles. The van der Waals surface area contributed by atoms with Crippen molar-refractivity contribution in [2.75, 3.05) is 0 Å². The molecule has 0 aliphatic heterocycles. The molecule has 0 heterocycles. The van der Waals surface area contributed by atoms with Crippen molar-refractivity contribution in [3.8, 4) is 0 Å². The summed E-state index contributed by atoms with van der Waals surface area (Å²) in [6, 6.07) is 0. The largest absolute Gasteiger partial charge is 0.361 e. The first-order valence-corrected chi connectivity index (χ1v) is 6.84. The molecule has 0 saturated carbocycles. The van der Waals surface area contributed by atoms with Crippen LogP contribution in [0, 0.1) is 5.41 Å². The lowest BCUT2D eigenvalue weighted by Crippen LogP contribution is -2.30. The van der Waals surface area contributed by atoms with Crippen molar-refractivity contribution in [1.29, 1.82) is 0 Å². The van der Waals surface area contributed by atoms with Gasteiger partial charge in [0.1, 0.15) is 0 Å². The quantitative estimate of drug-likeness (QED) is 0.506. The molecule has 2 heteroatoms. The molecule has 2 nitrogen and oxygen atoms in total. The highest BCUT2D eigenvalue weighted by Crippen LogP contribution is 2.36. The van der Waals surface area contributed by atoms with E-state index in [0.717, 1.165) is 57.8 Å². The van der Waals surface area contributed by atoms with Crippen molar-refractivity contribution in [2.24, 2.45) is 5.41 Å². The van der Waals surface area contributed by atoms with Crippen molar-refractivity contribution in [3.63, 3.8) is 0 Å². The molecule has 0 N–H and O–H groups in total. The SMILES string of the molecule is CCCCCC(CCC)(CCCC)C([O])=O. The molecule has 1 radical (unpaired) electrons. The van der Waals surface area contributed by atoms with E-state index in [2.05, 4.69) is 20.8 Å². The number of hydrogen-bond donors (Lipinski definition) is 0. The van der Waals surface area contributed by atoms with Crippen LogP contribution in [0.3, 0.4) is 0 Å². The van der Waals surface area contributed by atoms with Gasteiger partial charge >= 0.3 is 5.97 Å². The summed E-state index contributed by atoms with van der Waals surface area (Å²) in [6.45, 7) is 6.31. The van der Waals surface area contributed by atoms with Gasteiger partial charge in [0, 0.05) is 0 Å². The summed E-state index contributed by atoms with van der Waals surface area (Å²) in [7, 11) is 0. The molecule has 0 rings (SSSR count). The van der Waals surface area contributed by atoms with Crippen molar-refractivity contribution >= 4 is 5.97 Å². The lowest BCUT2D eigenvalue weighted by atomic mass is 9.75. The smallest absolute Gasteiger partial charge is 0.247 e. The van der Waals surface area contributed by atoms with Crippen LogP contribution >= 0.6 is 0 Å². The van der Waals surface area contributed by atoms with Crippen molar-refractivity contribution < 1.29 is 9.90 Å². The summed E-state index contributed by atoms with van der Waals surface area (Å²) in [6.07, 6.45) is 8.66. The first kappa shape index (κ1) is 15.5. The van der Waals surface area contributed by atoms with Crippen LogP contribution in [0.25, 0.3) is 0 Å². The molecule has 0 saturated heterocycles. The summed E-state index contributed by atoms with van der Waals surface area (Å²) >= 11 is 0. The molecule has 0 aliphatic carbocycles. The van der Waals surface area contributed by atoms with Gasteiger partial charge in [0.2, 0.25) is 0 Å². The Morgan fingerprint density at radius 1 is 0.812 bits per heavy atom. The Labute approximate surface area is 100 Å². The Balaban J connectivity index is 4.44.